The molecule has 3 heterocycles. The molecule has 1 fully saturated rings. The fourth-order valence-electron chi connectivity index (χ4n) is 3.35. The number of thiazole rings is 1. The number of aromatic nitrogens is 1. The Bertz CT molecular complexity index is 1320. The van der Waals surface area contributed by atoms with Gasteiger partial charge in [-0.3, -0.25) is 9.59 Å². The van der Waals surface area contributed by atoms with Gasteiger partial charge in [0.2, 0.25) is 5.91 Å². The van der Waals surface area contributed by atoms with E-state index < -0.39 is 10.0 Å². The number of sulfonamides is 1. The molecule has 0 spiro atoms. The Morgan fingerprint density at radius 2 is 2.03 bits per heavy atom. The number of thiophene rings is 1. The summed E-state index contributed by atoms with van der Waals surface area (Å²) in [6, 6.07) is 6.90. The molecule has 3 aromatic rings. The minimum absolute atomic E-state index is 0.0529. The van der Waals surface area contributed by atoms with Gasteiger partial charge in [0.25, 0.3) is 15.9 Å². The molecular formula is C21H23ClN4O4S3. The predicted octanol–water partition coefficient (Wildman–Crippen LogP) is 3.52. The molecule has 12 heteroatoms. The molecule has 1 saturated heterocycles. The number of hydrogen-bond donors (Lipinski definition) is 0. The second-order valence-electron chi connectivity index (χ2n) is 8.04. The Hall–Kier alpha value is -2.05. The average Bonchev–Trinajstić information content (AvgIpc) is 3.41. The first kappa shape index (κ1) is 24.1. The molecule has 176 valence electrons. The molecule has 1 aliphatic rings. The maximum absolute atomic E-state index is 13.1. The molecule has 1 aromatic carbocycles. The van der Waals surface area contributed by atoms with Crippen LogP contribution in [0.1, 0.15) is 29.3 Å². The minimum atomic E-state index is -3.79. The summed E-state index contributed by atoms with van der Waals surface area (Å²) >= 11 is 8.47. The van der Waals surface area contributed by atoms with Gasteiger partial charge in [0.05, 0.1) is 13.1 Å². The lowest BCUT2D eigenvalue weighted by atomic mass is 10.3. The summed E-state index contributed by atoms with van der Waals surface area (Å²) in [5, 5.41) is 3.67. The summed E-state index contributed by atoms with van der Waals surface area (Å²) in [5.41, 5.74) is 0.352. The van der Waals surface area contributed by atoms with E-state index in [4.69, 9.17) is 11.6 Å². The Balaban J connectivity index is 1.43. The fourth-order valence-corrected chi connectivity index (χ4v) is 7.35. The molecule has 8 nitrogen and oxygen atoms in total. The molecule has 0 unspecified atom stereocenters. The lowest BCUT2D eigenvalue weighted by Crippen LogP contribution is -2.51. The third-order valence-electron chi connectivity index (χ3n) is 5.53. The van der Waals surface area contributed by atoms with Crippen molar-refractivity contribution in [2.24, 2.45) is 0 Å². The van der Waals surface area contributed by atoms with E-state index in [2.05, 4.69) is 4.98 Å². The standard InChI is InChI=1S/C21H23ClN4O4S3/c1-13(2)24(3)21(28)16-12-31-18(23-16)10-25-6-7-26(11-19(25)27)33(29,30)20-8-14-4-5-15(22)9-17(14)32-20/h4-5,8-9,12-13H,6-7,10-11H2,1-3H3. The van der Waals surface area contributed by atoms with E-state index in [0.717, 1.165) is 21.4 Å². The highest BCUT2D eigenvalue weighted by Gasteiger charge is 2.34. The summed E-state index contributed by atoms with van der Waals surface area (Å²) in [6.07, 6.45) is 0. The van der Waals surface area contributed by atoms with Crippen molar-refractivity contribution in [2.75, 3.05) is 26.7 Å². The van der Waals surface area contributed by atoms with E-state index in [0.29, 0.717) is 15.7 Å². The fraction of sp³-hybridized carbons (Fsp3) is 0.381. The lowest BCUT2D eigenvalue weighted by molar-refractivity contribution is -0.134. The quantitative estimate of drug-likeness (QED) is 0.490. The number of hydrogen-bond acceptors (Lipinski definition) is 7. The Kier molecular flexibility index (Phi) is 6.79. The van der Waals surface area contributed by atoms with E-state index in [-0.39, 0.29) is 48.2 Å². The van der Waals surface area contributed by atoms with Gasteiger partial charge in [-0.25, -0.2) is 13.4 Å². The molecule has 0 radical (unpaired) electrons. The SMILES string of the molecule is CC(C)N(C)C(=O)c1csc(CN2CCN(S(=O)(=O)c3cc4ccc(Cl)cc4s3)CC2=O)n1. The first-order chi connectivity index (χ1) is 15.6. The van der Waals surface area contributed by atoms with Gasteiger partial charge in [-0.1, -0.05) is 17.7 Å². The second-order valence-corrected chi connectivity index (χ2v) is 12.7. The highest BCUT2D eigenvalue weighted by atomic mass is 35.5. The van der Waals surface area contributed by atoms with Gasteiger partial charge < -0.3 is 9.80 Å². The third-order valence-corrected chi connectivity index (χ3v) is 9.99. The normalized spacial score (nSPS) is 15.5. The van der Waals surface area contributed by atoms with Gasteiger partial charge in [-0.05, 0) is 37.4 Å². The zero-order chi connectivity index (χ0) is 23.9. The number of halogens is 1. The van der Waals surface area contributed by atoms with Gasteiger partial charge >= 0.3 is 0 Å². The topological polar surface area (TPSA) is 90.9 Å². The summed E-state index contributed by atoms with van der Waals surface area (Å²) in [7, 11) is -2.07. The minimum Gasteiger partial charge on any atom is -0.338 e. The van der Waals surface area contributed by atoms with Crippen molar-refractivity contribution in [2.45, 2.75) is 30.6 Å². The van der Waals surface area contributed by atoms with Gasteiger partial charge in [-0.15, -0.1) is 22.7 Å². The summed E-state index contributed by atoms with van der Waals surface area (Å²) in [6.45, 7) is 4.30. The number of piperazine rings is 1. The molecule has 0 aliphatic carbocycles. The first-order valence-electron chi connectivity index (χ1n) is 10.2. The Morgan fingerprint density at radius 3 is 2.73 bits per heavy atom. The van der Waals surface area contributed by atoms with Crippen LogP contribution in [0.4, 0.5) is 0 Å². The number of carbonyl (C=O) groups is 2. The molecule has 0 atom stereocenters. The molecule has 0 saturated carbocycles. The number of carbonyl (C=O) groups excluding carboxylic acids is 2. The van der Waals surface area contributed by atoms with Gasteiger partial charge in [0.15, 0.2) is 0 Å². The zero-order valence-corrected chi connectivity index (χ0v) is 21.5. The largest absolute Gasteiger partial charge is 0.338 e. The average molecular weight is 527 g/mol. The van der Waals surface area contributed by atoms with E-state index in [1.54, 1.807) is 46.5 Å². The van der Waals surface area contributed by atoms with Crippen LogP contribution in [0.5, 0.6) is 0 Å². The molecule has 33 heavy (non-hydrogen) atoms. The summed E-state index contributed by atoms with van der Waals surface area (Å²) in [4.78, 5) is 32.8. The van der Waals surface area contributed by atoms with E-state index >= 15 is 0 Å². The van der Waals surface area contributed by atoms with Gasteiger partial charge in [-0.2, -0.15) is 4.31 Å². The number of fused-ring (bicyclic) bond motifs is 1. The Morgan fingerprint density at radius 1 is 1.27 bits per heavy atom. The lowest BCUT2D eigenvalue weighted by Gasteiger charge is -2.32. The molecule has 4 rings (SSSR count). The maximum atomic E-state index is 13.1. The van der Waals surface area contributed by atoms with Crippen LogP contribution in [0.2, 0.25) is 5.02 Å². The van der Waals surface area contributed by atoms with Crippen LogP contribution in [-0.4, -0.2) is 72.0 Å². The van der Waals surface area contributed by atoms with Crippen molar-refractivity contribution in [1.82, 2.24) is 19.1 Å². The van der Waals surface area contributed by atoms with Crippen molar-refractivity contribution in [3.8, 4) is 0 Å². The number of rotatable bonds is 6. The van der Waals surface area contributed by atoms with Crippen molar-refractivity contribution in [1.29, 1.82) is 0 Å². The smallest absolute Gasteiger partial charge is 0.273 e. The second kappa shape index (κ2) is 9.30. The molecular weight excluding hydrogens is 504 g/mol. The number of amides is 2. The third kappa shape index (κ3) is 4.92. The molecule has 2 amide bonds. The van der Waals surface area contributed by atoms with Gasteiger partial charge in [0.1, 0.15) is 14.9 Å². The van der Waals surface area contributed by atoms with E-state index in [1.807, 2.05) is 13.8 Å². The van der Waals surface area contributed by atoms with Gasteiger partial charge in [0, 0.05) is 41.3 Å². The molecule has 2 aromatic heterocycles. The van der Waals surface area contributed by atoms with Crippen LogP contribution in [-0.2, 0) is 21.4 Å². The van der Waals surface area contributed by atoms with Crippen molar-refractivity contribution >= 4 is 66.2 Å². The molecule has 0 N–H and O–H groups in total. The van der Waals surface area contributed by atoms with Crippen LogP contribution < -0.4 is 0 Å². The van der Waals surface area contributed by atoms with Crippen molar-refractivity contribution in [3.63, 3.8) is 0 Å². The van der Waals surface area contributed by atoms with Crippen LogP contribution in [0, 0.1) is 0 Å². The maximum Gasteiger partial charge on any atom is 0.273 e. The summed E-state index contributed by atoms with van der Waals surface area (Å²) in [5.74, 6) is -0.462. The monoisotopic (exact) mass is 526 g/mol. The van der Waals surface area contributed by atoms with Crippen molar-refractivity contribution in [3.05, 3.63) is 45.4 Å². The van der Waals surface area contributed by atoms with Crippen LogP contribution in [0.3, 0.4) is 0 Å². The summed E-state index contributed by atoms with van der Waals surface area (Å²) < 4.78 is 28.4. The van der Waals surface area contributed by atoms with E-state index in [1.165, 1.54) is 15.6 Å². The molecule has 1 aliphatic heterocycles. The Labute approximate surface area is 205 Å². The van der Waals surface area contributed by atoms with Crippen molar-refractivity contribution < 1.29 is 18.0 Å². The zero-order valence-electron chi connectivity index (χ0n) is 18.3. The van der Waals surface area contributed by atoms with Crippen LogP contribution >= 0.6 is 34.3 Å². The highest BCUT2D eigenvalue weighted by Crippen LogP contribution is 2.33. The highest BCUT2D eigenvalue weighted by molar-refractivity contribution is 7.91. The molecule has 0 bridgehead atoms. The van der Waals surface area contributed by atoms with Crippen LogP contribution in [0.15, 0.2) is 33.9 Å². The number of benzene rings is 1. The van der Waals surface area contributed by atoms with Crippen LogP contribution in [0.25, 0.3) is 10.1 Å². The van der Waals surface area contributed by atoms with E-state index in [9.17, 15) is 18.0 Å². The number of nitrogens with zero attached hydrogens (tertiary/aromatic N) is 4. The predicted molar refractivity (Wildman–Crippen MR) is 130 cm³/mol. The first-order valence-corrected chi connectivity index (χ1v) is 13.8.